The minimum absolute atomic E-state index is 0.00792. The fourth-order valence-corrected chi connectivity index (χ4v) is 1.70. The van der Waals surface area contributed by atoms with Crippen LogP contribution in [0.25, 0.3) is 11.0 Å². The van der Waals surface area contributed by atoms with Gasteiger partial charge < -0.3 is 9.52 Å². The maximum Gasteiger partial charge on any atom is 0.371 e. The van der Waals surface area contributed by atoms with Gasteiger partial charge in [-0.3, -0.25) is 0 Å². The number of carboxylic acid groups (broad SMARTS) is 1. The van der Waals surface area contributed by atoms with Crippen molar-refractivity contribution in [1.29, 1.82) is 0 Å². The van der Waals surface area contributed by atoms with Crippen molar-refractivity contribution in [2.45, 2.75) is 19.8 Å². The van der Waals surface area contributed by atoms with E-state index in [1.165, 1.54) is 0 Å². The SMILES string of the molecule is CCCc1cccc2cc(C(=O)O)oc12. The first kappa shape index (κ1) is 9.77. The third-order valence-electron chi connectivity index (χ3n) is 2.36. The average molecular weight is 204 g/mol. The molecule has 0 aliphatic heterocycles. The van der Waals surface area contributed by atoms with Gasteiger partial charge in [0, 0.05) is 5.39 Å². The summed E-state index contributed by atoms with van der Waals surface area (Å²) in [5.41, 5.74) is 1.78. The van der Waals surface area contributed by atoms with E-state index in [-0.39, 0.29) is 5.76 Å². The molecule has 0 atom stereocenters. The van der Waals surface area contributed by atoms with Gasteiger partial charge in [0.05, 0.1) is 0 Å². The molecule has 1 aromatic carbocycles. The van der Waals surface area contributed by atoms with Gasteiger partial charge in [-0.15, -0.1) is 0 Å². The molecule has 2 aromatic rings. The molecule has 15 heavy (non-hydrogen) atoms. The number of carbonyl (C=O) groups is 1. The summed E-state index contributed by atoms with van der Waals surface area (Å²) in [5.74, 6) is -1.01. The first-order valence-corrected chi connectivity index (χ1v) is 4.97. The number of furan rings is 1. The number of hydrogen-bond acceptors (Lipinski definition) is 2. The van der Waals surface area contributed by atoms with Crippen LogP contribution < -0.4 is 0 Å². The van der Waals surface area contributed by atoms with Crippen molar-refractivity contribution in [3.8, 4) is 0 Å². The summed E-state index contributed by atoms with van der Waals surface area (Å²) in [5, 5.41) is 9.67. The predicted octanol–water partition coefficient (Wildman–Crippen LogP) is 3.08. The summed E-state index contributed by atoms with van der Waals surface area (Å²) in [4.78, 5) is 10.7. The molecule has 0 bridgehead atoms. The Hall–Kier alpha value is -1.77. The molecule has 0 aliphatic rings. The molecule has 0 radical (unpaired) electrons. The third kappa shape index (κ3) is 1.73. The van der Waals surface area contributed by atoms with E-state index >= 15 is 0 Å². The Balaban J connectivity index is 2.59. The monoisotopic (exact) mass is 204 g/mol. The molecule has 3 heteroatoms. The Morgan fingerprint density at radius 1 is 1.47 bits per heavy atom. The normalized spacial score (nSPS) is 10.7. The number of rotatable bonds is 3. The minimum atomic E-state index is -1.02. The molecule has 0 aliphatic carbocycles. The molecule has 3 nitrogen and oxygen atoms in total. The summed E-state index contributed by atoms with van der Waals surface area (Å²) >= 11 is 0. The highest BCUT2D eigenvalue weighted by molar-refractivity contribution is 5.92. The molecular formula is C12H12O3. The number of fused-ring (bicyclic) bond motifs is 1. The van der Waals surface area contributed by atoms with Crippen molar-refractivity contribution in [2.75, 3.05) is 0 Å². The van der Waals surface area contributed by atoms with Crippen LogP contribution in [0.15, 0.2) is 28.7 Å². The standard InChI is InChI=1S/C12H12O3/c1-2-4-8-5-3-6-9-7-10(12(13)14)15-11(8)9/h3,5-7H,2,4H2,1H3,(H,13,14). The van der Waals surface area contributed by atoms with E-state index in [0.717, 1.165) is 23.8 Å². The number of carboxylic acids is 1. The Labute approximate surface area is 87.3 Å². The van der Waals surface area contributed by atoms with Crippen molar-refractivity contribution in [3.63, 3.8) is 0 Å². The zero-order valence-electron chi connectivity index (χ0n) is 8.49. The molecule has 0 amide bonds. The lowest BCUT2D eigenvalue weighted by Crippen LogP contribution is -1.91. The molecule has 0 unspecified atom stereocenters. The zero-order chi connectivity index (χ0) is 10.8. The highest BCUT2D eigenvalue weighted by Crippen LogP contribution is 2.24. The first-order chi connectivity index (χ1) is 7.22. The molecular weight excluding hydrogens is 192 g/mol. The van der Waals surface area contributed by atoms with E-state index in [9.17, 15) is 4.79 Å². The van der Waals surface area contributed by atoms with E-state index in [0.29, 0.717) is 5.58 Å². The molecule has 2 rings (SSSR count). The number of aromatic carboxylic acids is 1. The van der Waals surface area contributed by atoms with Crippen LogP contribution in [-0.4, -0.2) is 11.1 Å². The number of aryl methyl sites for hydroxylation is 1. The summed E-state index contributed by atoms with van der Waals surface area (Å²) in [6, 6.07) is 7.33. The van der Waals surface area contributed by atoms with Crippen LogP contribution in [0.1, 0.15) is 29.5 Å². The van der Waals surface area contributed by atoms with Crippen molar-refractivity contribution in [1.82, 2.24) is 0 Å². The largest absolute Gasteiger partial charge is 0.475 e. The first-order valence-electron chi connectivity index (χ1n) is 4.97. The van der Waals surface area contributed by atoms with Gasteiger partial charge in [0.25, 0.3) is 0 Å². The van der Waals surface area contributed by atoms with E-state index in [4.69, 9.17) is 9.52 Å². The lowest BCUT2D eigenvalue weighted by atomic mass is 10.1. The Kier molecular flexibility index (Phi) is 2.46. The maximum atomic E-state index is 10.7. The average Bonchev–Trinajstić information content (AvgIpc) is 2.63. The van der Waals surface area contributed by atoms with Gasteiger partial charge in [0.15, 0.2) is 0 Å². The fourth-order valence-electron chi connectivity index (χ4n) is 1.70. The molecule has 1 N–H and O–H groups in total. The summed E-state index contributed by atoms with van der Waals surface area (Å²) in [6.07, 6.45) is 1.92. The van der Waals surface area contributed by atoms with Crippen molar-refractivity contribution >= 4 is 16.9 Å². The quantitative estimate of drug-likeness (QED) is 0.835. The number of hydrogen-bond donors (Lipinski definition) is 1. The smallest absolute Gasteiger partial charge is 0.371 e. The van der Waals surface area contributed by atoms with E-state index in [1.807, 2.05) is 18.2 Å². The van der Waals surface area contributed by atoms with Crippen LogP contribution in [-0.2, 0) is 6.42 Å². The molecule has 0 fully saturated rings. The van der Waals surface area contributed by atoms with Crippen molar-refractivity contribution in [2.24, 2.45) is 0 Å². The van der Waals surface area contributed by atoms with Gasteiger partial charge in [0.2, 0.25) is 5.76 Å². The molecule has 1 heterocycles. The summed E-state index contributed by atoms with van der Waals surface area (Å²) in [7, 11) is 0. The summed E-state index contributed by atoms with van der Waals surface area (Å²) < 4.78 is 5.31. The lowest BCUT2D eigenvalue weighted by molar-refractivity contribution is 0.0665. The zero-order valence-corrected chi connectivity index (χ0v) is 8.49. The van der Waals surface area contributed by atoms with Crippen LogP contribution in [0.4, 0.5) is 0 Å². The van der Waals surface area contributed by atoms with Crippen molar-refractivity contribution < 1.29 is 14.3 Å². The van der Waals surface area contributed by atoms with Crippen LogP contribution >= 0.6 is 0 Å². The van der Waals surface area contributed by atoms with E-state index in [1.54, 1.807) is 6.07 Å². The molecule has 0 saturated heterocycles. The molecule has 0 saturated carbocycles. The van der Waals surface area contributed by atoms with Crippen LogP contribution in [0.3, 0.4) is 0 Å². The molecule has 0 spiro atoms. The molecule has 78 valence electrons. The Bertz CT molecular complexity index is 497. The molecule has 1 aromatic heterocycles. The second-order valence-corrected chi connectivity index (χ2v) is 3.50. The van der Waals surface area contributed by atoms with E-state index in [2.05, 4.69) is 6.92 Å². The van der Waals surface area contributed by atoms with Gasteiger partial charge in [0.1, 0.15) is 5.58 Å². The van der Waals surface area contributed by atoms with Gasteiger partial charge >= 0.3 is 5.97 Å². The Morgan fingerprint density at radius 3 is 2.93 bits per heavy atom. The van der Waals surface area contributed by atoms with Gasteiger partial charge in [-0.2, -0.15) is 0 Å². The second kappa shape index (κ2) is 3.77. The van der Waals surface area contributed by atoms with Crippen LogP contribution in [0.2, 0.25) is 0 Å². The fraction of sp³-hybridized carbons (Fsp3) is 0.250. The van der Waals surface area contributed by atoms with Crippen molar-refractivity contribution in [3.05, 3.63) is 35.6 Å². The van der Waals surface area contributed by atoms with Crippen LogP contribution in [0, 0.1) is 0 Å². The number of para-hydroxylation sites is 1. The number of benzene rings is 1. The third-order valence-corrected chi connectivity index (χ3v) is 2.36. The van der Waals surface area contributed by atoms with Gasteiger partial charge in [-0.25, -0.2) is 4.79 Å². The predicted molar refractivity (Wildman–Crippen MR) is 57.2 cm³/mol. The topological polar surface area (TPSA) is 50.4 Å². The van der Waals surface area contributed by atoms with Gasteiger partial charge in [-0.1, -0.05) is 31.5 Å². The highest BCUT2D eigenvalue weighted by atomic mass is 16.4. The van der Waals surface area contributed by atoms with Crippen LogP contribution in [0.5, 0.6) is 0 Å². The summed E-state index contributed by atoms with van der Waals surface area (Å²) in [6.45, 7) is 2.08. The van der Waals surface area contributed by atoms with Gasteiger partial charge in [-0.05, 0) is 18.1 Å². The second-order valence-electron chi connectivity index (χ2n) is 3.50. The lowest BCUT2D eigenvalue weighted by Gasteiger charge is -1.98. The Morgan fingerprint density at radius 2 is 2.27 bits per heavy atom. The maximum absolute atomic E-state index is 10.7. The minimum Gasteiger partial charge on any atom is -0.475 e. The highest BCUT2D eigenvalue weighted by Gasteiger charge is 2.12. The van der Waals surface area contributed by atoms with E-state index < -0.39 is 5.97 Å².